The van der Waals surface area contributed by atoms with Gasteiger partial charge in [0.05, 0.1) is 5.56 Å². The number of phenolic OH excluding ortho intramolecular Hbond substituents is 1. The second-order valence-electron chi connectivity index (χ2n) is 4.07. The van der Waals surface area contributed by atoms with Gasteiger partial charge in [-0.05, 0) is 35.4 Å². The maximum Gasteiger partial charge on any atom is 0.338 e. The van der Waals surface area contributed by atoms with Gasteiger partial charge in [-0.15, -0.1) is 0 Å². The molecule has 0 unspecified atom stereocenters. The van der Waals surface area contributed by atoms with Crippen molar-refractivity contribution in [2.75, 3.05) is 0 Å². The Morgan fingerprint density at radius 1 is 1.11 bits per heavy atom. The summed E-state index contributed by atoms with van der Waals surface area (Å²) in [6, 6.07) is 13.6. The summed E-state index contributed by atoms with van der Waals surface area (Å²) >= 11 is 0. The van der Waals surface area contributed by atoms with Crippen LogP contribution in [0, 0.1) is 0 Å². The number of hydrogen-bond acceptors (Lipinski definition) is 3. The maximum atomic E-state index is 11.7. The molecule has 0 atom stereocenters. The fourth-order valence-electron chi connectivity index (χ4n) is 1.58. The highest BCUT2D eigenvalue weighted by Crippen LogP contribution is 2.12. The van der Waals surface area contributed by atoms with Crippen molar-refractivity contribution in [2.45, 2.75) is 6.61 Å². The quantitative estimate of drug-likeness (QED) is 0.851. The summed E-state index contributed by atoms with van der Waals surface area (Å²) in [4.78, 5) is 11.7. The summed E-state index contributed by atoms with van der Waals surface area (Å²) in [5.41, 5.74) is 2.35. The molecule has 1 N–H and O–H groups in total. The van der Waals surface area contributed by atoms with E-state index in [4.69, 9.17) is 9.84 Å². The molecule has 0 bridgehead atoms. The molecule has 0 heterocycles. The topological polar surface area (TPSA) is 46.5 Å². The minimum atomic E-state index is -0.409. The van der Waals surface area contributed by atoms with Crippen LogP contribution < -0.4 is 0 Å². The Labute approximate surface area is 111 Å². The van der Waals surface area contributed by atoms with E-state index in [2.05, 4.69) is 6.58 Å². The summed E-state index contributed by atoms with van der Waals surface area (Å²) in [5, 5.41) is 9.14. The standard InChI is InChI=1S/C16H14O3/c1-2-12-3-5-13(6-4-12)11-19-16(18)14-7-9-15(17)10-8-14/h2-10,17H,1,11H2. The molecule has 0 aliphatic rings. The zero-order valence-electron chi connectivity index (χ0n) is 10.4. The van der Waals surface area contributed by atoms with Gasteiger partial charge in [-0.25, -0.2) is 4.79 Å². The Kier molecular flexibility index (Phi) is 3.98. The van der Waals surface area contributed by atoms with E-state index in [-0.39, 0.29) is 12.4 Å². The fourth-order valence-corrected chi connectivity index (χ4v) is 1.58. The van der Waals surface area contributed by atoms with Crippen LogP contribution >= 0.6 is 0 Å². The first-order valence-electron chi connectivity index (χ1n) is 5.86. The number of esters is 1. The van der Waals surface area contributed by atoms with Gasteiger partial charge in [0.25, 0.3) is 0 Å². The summed E-state index contributed by atoms with van der Waals surface area (Å²) in [7, 11) is 0. The van der Waals surface area contributed by atoms with Gasteiger partial charge < -0.3 is 9.84 Å². The van der Waals surface area contributed by atoms with Crippen molar-refractivity contribution in [3.63, 3.8) is 0 Å². The second-order valence-corrected chi connectivity index (χ2v) is 4.07. The Morgan fingerprint density at radius 3 is 2.32 bits per heavy atom. The van der Waals surface area contributed by atoms with Gasteiger partial charge in [0.1, 0.15) is 12.4 Å². The molecule has 0 saturated heterocycles. The molecule has 0 saturated carbocycles. The van der Waals surface area contributed by atoms with E-state index in [9.17, 15) is 4.79 Å². The Bertz CT molecular complexity index is 568. The SMILES string of the molecule is C=Cc1ccc(COC(=O)c2ccc(O)cc2)cc1. The van der Waals surface area contributed by atoms with E-state index < -0.39 is 5.97 Å². The predicted octanol–water partition coefficient (Wildman–Crippen LogP) is 3.39. The zero-order valence-corrected chi connectivity index (χ0v) is 10.4. The van der Waals surface area contributed by atoms with E-state index in [1.807, 2.05) is 24.3 Å². The molecule has 19 heavy (non-hydrogen) atoms. The van der Waals surface area contributed by atoms with Crippen LogP contribution in [0.1, 0.15) is 21.5 Å². The molecule has 0 fully saturated rings. The molecule has 2 rings (SSSR count). The van der Waals surface area contributed by atoms with Gasteiger partial charge in [0.15, 0.2) is 0 Å². The molecule has 0 spiro atoms. The van der Waals surface area contributed by atoms with Crippen LogP contribution in [0.25, 0.3) is 6.08 Å². The molecule has 0 aliphatic carbocycles. The first-order valence-corrected chi connectivity index (χ1v) is 5.86. The van der Waals surface area contributed by atoms with E-state index in [0.717, 1.165) is 11.1 Å². The van der Waals surface area contributed by atoms with Crippen LogP contribution in [-0.4, -0.2) is 11.1 Å². The number of rotatable bonds is 4. The number of aromatic hydroxyl groups is 1. The molecule has 96 valence electrons. The van der Waals surface area contributed by atoms with Crippen molar-refractivity contribution in [1.82, 2.24) is 0 Å². The Balaban J connectivity index is 1.96. The van der Waals surface area contributed by atoms with E-state index in [0.29, 0.717) is 5.56 Å². The number of hydrogen-bond donors (Lipinski definition) is 1. The number of phenols is 1. The minimum absolute atomic E-state index is 0.122. The molecule has 0 radical (unpaired) electrons. The molecule has 2 aromatic carbocycles. The Morgan fingerprint density at radius 2 is 1.74 bits per heavy atom. The summed E-state index contributed by atoms with van der Waals surface area (Å²) in [6.07, 6.45) is 1.76. The third-order valence-corrected chi connectivity index (χ3v) is 2.69. The first-order chi connectivity index (χ1) is 9.19. The van der Waals surface area contributed by atoms with Crippen molar-refractivity contribution >= 4 is 12.0 Å². The molecule has 0 aromatic heterocycles. The number of benzene rings is 2. The van der Waals surface area contributed by atoms with Crippen molar-refractivity contribution in [1.29, 1.82) is 0 Å². The molecular formula is C16H14O3. The van der Waals surface area contributed by atoms with E-state index in [1.54, 1.807) is 6.08 Å². The third kappa shape index (κ3) is 3.45. The summed E-state index contributed by atoms with van der Waals surface area (Å²) in [6.45, 7) is 3.90. The molecular weight excluding hydrogens is 240 g/mol. The Hall–Kier alpha value is -2.55. The summed E-state index contributed by atoms with van der Waals surface area (Å²) < 4.78 is 5.18. The molecule has 0 amide bonds. The van der Waals surface area contributed by atoms with Crippen LogP contribution in [0.15, 0.2) is 55.1 Å². The van der Waals surface area contributed by atoms with Gasteiger partial charge in [0.2, 0.25) is 0 Å². The maximum absolute atomic E-state index is 11.7. The molecule has 0 aliphatic heterocycles. The van der Waals surface area contributed by atoms with Crippen molar-refractivity contribution < 1.29 is 14.6 Å². The average molecular weight is 254 g/mol. The smallest absolute Gasteiger partial charge is 0.338 e. The van der Waals surface area contributed by atoms with Gasteiger partial charge >= 0.3 is 5.97 Å². The van der Waals surface area contributed by atoms with Crippen molar-refractivity contribution in [3.8, 4) is 5.75 Å². The van der Waals surface area contributed by atoms with Gasteiger partial charge in [-0.2, -0.15) is 0 Å². The number of carbonyl (C=O) groups is 1. The highest BCUT2D eigenvalue weighted by molar-refractivity contribution is 5.89. The highest BCUT2D eigenvalue weighted by atomic mass is 16.5. The van der Waals surface area contributed by atoms with Crippen LogP contribution in [0.2, 0.25) is 0 Å². The largest absolute Gasteiger partial charge is 0.508 e. The lowest BCUT2D eigenvalue weighted by atomic mass is 10.1. The van der Waals surface area contributed by atoms with E-state index >= 15 is 0 Å². The lowest BCUT2D eigenvalue weighted by Gasteiger charge is -2.05. The lowest BCUT2D eigenvalue weighted by molar-refractivity contribution is 0.0472. The van der Waals surface area contributed by atoms with E-state index in [1.165, 1.54) is 24.3 Å². The van der Waals surface area contributed by atoms with Crippen LogP contribution in [0.3, 0.4) is 0 Å². The number of carbonyl (C=O) groups excluding carboxylic acids is 1. The van der Waals surface area contributed by atoms with Crippen LogP contribution in [0.5, 0.6) is 5.75 Å². The lowest BCUT2D eigenvalue weighted by Crippen LogP contribution is -2.04. The third-order valence-electron chi connectivity index (χ3n) is 2.69. The fraction of sp³-hybridized carbons (Fsp3) is 0.0625. The van der Waals surface area contributed by atoms with Crippen LogP contribution in [0.4, 0.5) is 0 Å². The number of ether oxygens (including phenoxy) is 1. The zero-order chi connectivity index (χ0) is 13.7. The summed E-state index contributed by atoms with van der Waals surface area (Å²) in [5.74, 6) is -0.288. The van der Waals surface area contributed by atoms with Crippen molar-refractivity contribution in [2.24, 2.45) is 0 Å². The van der Waals surface area contributed by atoms with Crippen LogP contribution in [-0.2, 0) is 11.3 Å². The minimum Gasteiger partial charge on any atom is -0.508 e. The van der Waals surface area contributed by atoms with Crippen molar-refractivity contribution in [3.05, 3.63) is 71.8 Å². The predicted molar refractivity (Wildman–Crippen MR) is 73.8 cm³/mol. The van der Waals surface area contributed by atoms with Gasteiger partial charge in [-0.3, -0.25) is 0 Å². The highest BCUT2D eigenvalue weighted by Gasteiger charge is 2.06. The van der Waals surface area contributed by atoms with Gasteiger partial charge in [0, 0.05) is 0 Å². The monoisotopic (exact) mass is 254 g/mol. The second kappa shape index (κ2) is 5.87. The molecule has 3 heteroatoms. The molecule has 2 aromatic rings. The normalized spacial score (nSPS) is 9.89. The first kappa shape index (κ1) is 12.9. The van der Waals surface area contributed by atoms with Gasteiger partial charge in [-0.1, -0.05) is 36.9 Å². The average Bonchev–Trinajstić information content (AvgIpc) is 2.46. The molecule has 3 nitrogen and oxygen atoms in total.